The third kappa shape index (κ3) is 3.61. The second-order valence-corrected chi connectivity index (χ2v) is 3.05. The van der Waals surface area contributed by atoms with Gasteiger partial charge in [0.25, 0.3) is 0 Å². The van der Waals surface area contributed by atoms with Crippen molar-refractivity contribution in [1.29, 1.82) is 0 Å². The second-order valence-electron chi connectivity index (χ2n) is 3.05. The summed E-state index contributed by atoms with van der Waals surface area (Å²) in [6.45, 7) is 6.22. The molecule has 0 aliphatic carbocycles. The maximum absolute atomic E-state index is 5.28. The van der Waals surface area contributed by atoms with E-state index in [0.717, 1.165) is 31.9 Å². The summed E-state index contributed by atoms with van der Waals surface area (Å²) in [7, 11) is 1.97. The quantitative estimate of drug-likeness (QED) is 0.719. The molecule has 74 valence electrons. The van der Waals surface area contributed by atoms with Gasteiger partial charge in [-0.1, -0.05) is 6.92 Å². The van der Waals surface area contributed by atoms with Crippen molar-refractivity contribution in [2.45, 2.75) is 13.5 Å². The standard InChI is InChI=1S/C10H18N2O/c1-3-12(7-6-11-2)9-10-5-4-8-13-10/h4-5,8,11H,3,6-7,9H2,1-2H3. The van der Waals surface area contributed by atoms with E-state index in [9.17, 15) is 0 Å². The van der Waals surface area contributed by atoms with E-state index < -0.39 is 0 Å². The van der Waals surface area contributed by atoms with Gasteiger partial charge in [0.05, 0.1) is 12.8 Å². The molecule has 0 fully saturated rings. The van der Waals surface area contributed by atoms with Crippen LogP contribution in [0.15, 0.2) is 22.8 Å². The number of hydrogen-bond acceptors (Lipinski definition) is 3. The Morgan fingerprint density at radius 3 is 2.92 bits per heavy atom. The van der Waals surface area contributed by atoms with Crippen molar-refractivity contribution in [3.05, 3.63) is 24.2 Å². The zero-order chi connectivity index (χ0) is 9.52. The fourth-order valence-corrected chi connectivity index (χ4v) is 1.24. The third-order valence-corrected chi connectivity index (χ3v) is 2.08. The van der Waals surface area contributed by atoms with Gasteiger partial charge in [0, 0.05) is 13.1 Å². The molecule has 1 aromatic rings. The van der Waals surface area contributed by atoms with Crippen molar-refractivity contribution in [2.24, 2.45) is 0 Å². The molecular formula is C10H18N2O. The molecule has 0 aromatic carbocycles. The van der Waals surface area contributed by atoms with Crippen molar-refractivity contribution in [3.8, 4) is 0 Å². The Labute approximate surface area is 79.7 Å². The first-order valence-electron chi connectivity index (χ1n) is 4.76. The van der Waals surface area contributed by atoms with E-state index >= 15 is 0 Å². The Kier molecular flexibility index (Phi) is 4.57. The molecule has 0 atom stereocenters. The lowest BCUT2D eigenvalue weighted by Crippen LogP contribution is -2.30. The summed E-state index contributed by atoms with van der Waals surface area (Å²) < 4.78 is 5.28. The Morgan fingerprint density at radius 2 is 2.38 bits per heavy atom. The zero-order valence-corrected chi connectivity index (χ0v) is 8.42. The number of hydrogen-bond donors (Lipinski definition) is 1. The van der Waals surface area contributed by atoms with Gasteiger partial charge in [-0.15, -0.1) is 0 Å². The van der Waals surface area contributed by atoms with Gasteiger partial charge in [-0.3, -0.25) is 4.90 Å². The number of likely N-dealkylation sites (N-methyl/N-ethyl adjacent to an activating group) is 2. The highest BCUT2D eigenvalue weighted by Gasteiger charge is 2.03. The molecule has 0 saturated heterocycles. The normalized spacial score (nSPS) is 11.0. The first-order valence-corrected chi connectivity index (χ1v) is 4.76. The molecule has 3 nitrogen and oxygen atoms in total. The minimum atomic E-state index is 0.908. The van der Waals surface area contributed by atoms with Crippen LogP contribution in [0, 0.1) is 0 Å². The third-order valence-electron chi connectivity index (χ3n) is 2.08. The van der Waals surface area contributed by atoms with Crippen LogP contribution in [0.2, 0.25) is 0 Å². The Morgan fingerprint density at radius 1 is 1.54 bits per heavy atom. The van der Waals surface area contributed by atoms with Crippen molar-refractivity contribution in [1.82, 2.24) is 10.2 Å². The Balaban J connectivity index is 2.31. The monoisotopic (exact) mass is 182 g/mol. The Bertz CT molecular complexity index is 209. The molecule has 0 spiro atoms. The summed E-state index contributed by atoms with van der Waals surface area (Å²) in [6.07, 6.45) is 1.72. The molecule has 0 aliphatic rings. The molecule has 0 amide bonds. The van der Waals surface area contributed by atoms with E-state index in [0.29, 0.717) is 0 Å². The molecular weight excluding hydrogens is 164 g/mol. The van der Waals surface area contributed by atoms with Crippen LogP contribution >= 0.6 is 0 Å². The van der Waals surface area contributed by atoms with E-state index in [4.69, 9.17) is 4.42 Å². The van der Waals surface area contributed by atoms with Gasteiger partial charge in [-0.25, -0.2) is 0 Å². The summed E-state index contributed by atoms with van der Waals surface area (Å²) in [6, 6.07) is 3.95. The number of nitrogens with zero attached hydrogens (tertiary/aromatic N) is 1. The zero-order valence-electron chi connectivity index (χ0n) is 8.42. The summed E-state index contributed by atoms with van der Waals surface area (Å²) in [5.74, 6) is 1.04. The highest BCUT2D eigenvalue weighted by molar-refractivity contribution is 4.97. The van der Waals surface area contributed by atoms with Crippen LogP contribution < -0.4 is 5.32 Å². The topological polar surface area (TPSA) is 28.4 Å². The average Bonchev–Trinajstić information content (AvgIpc) is 2.64. The average molecular weight is 182 g/mol. The van der Waals surface area contributed by atoms with Gasteiger partial charge in [-0.2, -0.15) is 0 Å². The SMILES string of the molecule is CCN(CCNC)Cc1ccco1. The van der Waals surface area contributed by atoms with E-state index in [1.165, 1.54) is 0 Å². The summed E-state index contributed by atoms with van der Waals surface area (Å²) in [5, 5.41) is 3.14. The summed E-state index contributed by atoms with van der Waals surface area (Å²) >= 11 is 0. The van der Waals surface area contributed by atoms with E-state index in [1.807, 2.05) is 19.2 Å². The van der Waals surface area contributed by atoms with Gasteiger partial charge in [0.2, 0.25) is 0 Å². The first-order chi connectivity index (χ1) is 6.36. The van der Waals surface area contributed by atoms with Crippen molar-refractivity contribution >= 4 is 0 Å². The fourth-order valence-electron chi connectivity index (χ4n) is 1.24. The van der Waals surface area contributed by atoms with Crippen LogP contribution in [0.5, 0.6) is 0 Å². The van der Waals surface area contributed by atoms with Crippen LogP contribution in [-0.4, -0.2) is 31.6 Å². The van der Waals surface area contributed by atoms with Crippen LogP contribution in [0.1, 0.15) is 12.7 Å². The molecule has 1 N–H and O–H groups in total. The maximum Gasteiger partial charge on any atom is 0.117 e. The minimum Gasteiger partial charge on any atom is -0.468 e. The predicted molar refractivity (Wildman–Crippen MR) is 53.6 cm³/mol. The van der Waals surface area contributed by atoms with Crippen LogP contribution in [-0.2, 0) is 6.54 Å². The Hall–Kier alpha value is -0.800. The smallest absolute Gasteiger partial charge is 0.117 e. The maximum atomic E-state index is 5.28. The highest BCUT2D eigenvalue weighted by Crippen LogP contribution is 2.04. The molecule has 0 bridgehead atoms. The highest BCUT2D eigenvalue weighted by atomic mass is 16.3. The van der Waals surface area contributed by atoms with Gasteiger partial charge >= 0.3 is 0 Å². The van der Waals surface area contributed by atoms with Gasteiger partial charge in [0.15, 0.2) is 0 Å². The molecule has 0 unspecified atom stereocenters. The lowest BCUT2D eigenvalue weighted by Gasteiger charge is -2.18. The molecule has 1 aromatic heterocycles. The minimum absolute atomic E-state index is 0.908. The van der Waals surface area contributed by atoms with E-state index in [-0.39, 0.29) is 0 Å². The first kappa shape index (κ1) is 10.3. The second kappa shape index (κ2) is 5.78. The van der Waals surface area contributed by atoms with Crippen molar-refractivity contribution < 1.29 is 4.42 Å². The van der Waals surface area contributed by atoms with E-state index in [1.54, 1.807) is 6.26 Å². The summed E-state index contributed by atoms with van der Waals surface area (Å²) in [4.78, 5) is 2.34. The molecule has 13 heavy (non-hydrogen) atoms. The number of rotatable bonds is 6. The molecule has 0 radical (unpaired) electrons. The number of furan rings is 1. The lowest BCUT2D eigenvalue weighted by molar-refractivity contribution is 0.257. The molecule has 3 heteroatoms. The molecule has 0 aliphatic heterocycles. The predicted octanol–water partition coefficient (Wildman–Crippen LogP) is 1.32. The van der Waals surface area contributed by atoms with Gasteiger partial charge in [0.1, 0.15) is 5.76 Å². The van der Waals surface area contributed by atoms with Crippen molar-refractivity contribution in [3.63, 3.8) is 0 Å². The van der Waals surface area contributed by atoms with Crippen molar-refractivity contribution in [2.75, 3.05) is 26.7 Å². The lowest BCUT2D eigenvalue weighted by atomic mass is 10.4. The fraction of sp³-hybridized carbons (Fsp3) is 0.600. The van der Waals surface area contributed by atoms with Crippen LogP contribution in [0.4, 0.5) is 0 Å². The van der Waals surface area contributed by atoms with E-state index in [2.05, 4.69) is 17.1 Å². The summed E-state index contributed by atoms with van der Waals surface area (Å²) in [5.41, 5.74) is 0. The molecule has 0 saturated carbocycles. The van der Waals surface area contributed by atoms with Gasteiger partial charge < -0.3 is 9.73 Å². The largest absolute Gasteiger partial charge is 0.468 e. The van der Waals surface area contributed by atoms with Crippen LogP contribution in [0.3, 0.4) is 0 Å². The molecule has 1 rings (SSSR count). The van der Waals surface area contributed by atoms with Crippen LogP contribution in [0.25, 0.3) is 0 Å². The molecule has 1 heterocycles. The number of nitrogens with one attached hydrogen (secondary N) is 1. The van der Waals surface area contributed by atoms with Gasteiger partial charge in [-0.05, 0) is 25.7 Å².